The van der Waals surface area contributed by atoms with E-state index >= 15 is 0 Å². The summed E-state index contributed by atoms with van der Waals surface area (Å²) in [7, 11) is 1.60. The maximum atomic E-state index is 11.5. The number of carboxylic acid groups (broad SMARTS) is 1. The van der Waals surface area contributed by atoms with Gasteiger partial charge in [0.25, 0.3) is 0 Å². The first-order chi connectivity index (χ1) is 10.9. The lowest BCUT2D eigenvalue weighted by atomic mass is 9.80. The molecular weight excluding hydrogens is 296 g/mol. The second-order valence-electron chi connectivity index (χ2n) is 5.84. The number of aromatic hydroxyl groups is 1. The molecule has 0 saturated carbocycles. The molecule has 2 aromatic rings. The average Bonchev–Trinajstić information content (AvgIpc) is 2.80. The van der Waals surface area contributed by atoms with Crippen molar-refractivity contribution in [3.05, 3.63) is 53.1 Å². The van der Waals surface area contributed by atoms with Crippen LogP contribution in [-0.2, 0) is 5.60 Å². The van der Waals surface area contributed by atoms with E-state index in [1.54, 1.807) is 13.2 Å². The number of phenols is 1. The van der Waals surface area contributed by atoms with Crippen molar-refractivity contribution in [3.8, 4) is 17.2 Å². The monoisotopic (exact) mass is 314 g/mol. The van der Waals surface area contributed by atoms with Crippen LogP contribution < -0.4 is 9.47 Å². The fourth-order valence-electron chi connectivity index (χ4n) is 3.16. The summed E-state index contributed by atoms with van der Waals surface area (Å²) in [6.45, 7) is 3.82. The summed E-state index contributed by atoms with van der Waals surface area (Å²) in [6.07, 6.45) is 0. The molecule has 0 aromatic heterocycles. The van der Waals surface area contributed by atoms with Crippen LogP contribution in [0, 0.1) is 0 Å². The molecule has 23 heavy (non-hydrogen) atoms. The molecular formula is C18H18O5. The Labute approximate surface area is 134 Å². The number of fused-ring (bicyclic) bond motifs is 1. The third-order valence-electron chi connectivity index (χ3n) is 4.64. The molecule has 0 bridgehead atoms. The normalized spacial score (nSPS) is 22.3. The fourth-order valence-corrected chi connectivity index (χ4v) is 3.16. The lowest BCUT2D eigenvalue weighted by Gasteiger charge is -2.29. The van der Waals surface area contributed by atoms with Gasteiger partial charge in [0, 0.05) is 11.5 Å². The Bertz CT molecular complexity index is 766. The molecule has 0 radical (unpaired) electrons. The fraction of sp³-hybridized carbons (Fsp3) is 0.278. The lowest BCUT2D eigenvalue weighted by molar-refractivity contribution is 0.0691. The second-order valence-corrected chi connectivity index (χ2v) is 5.84. The van der Waals surface area contributed by atoms with Crippen molar-refractivity contribution in [1.29, 1.82) is 0 Å². The van der Waals surface area contributed by atoms with Gasteiger partial charge in [-0.1, -0.05) is 19.1 Å². The molecule has 2 aromatic carbocycles. The van der Waals surface area contributed by atoms with Gasteiger partial charge >= 0.3 is 5.97 Å². The zero-order valence-electron chi connectivity index (χ0n) is 13.2. The van der Waals surface area contributed by atoms with E-state index in [1.807, 2.05) is 38.1 Å². The predicted octanol–water partition coefficient (Wildman–Crippen LogP) is 3.51. The maximum Gasteiger partial charge on any atom is 0.339 e. The van der Waals surface area contributed by atoms with Crippen molar-refractivity contribution in [2.75, 3.05) is 7.11 Å². The van der Waals surface area contributed by atoms with Crippen LogP contribution in [0.25, 0.3) is 0 Å². The first-order valence-corrected chi connectivity index (χ1v) is 7.31. The molecule has 0 fully saturated rings. The van der Waals surface area contributed by atoms with Crippen molar-refractivity contribution in [2.45, 2.75) is 25.4 Å². The molecule has 0 amide bonds. The molecule has 2 unspecified atom stereocenters. The van der Waals surface area contributed by atoms with Gasteiger partial charge in [0.1, 0.15) is 28.4 Å². The Kier molecular flexibility index (Phi) is 3.43. The van der Waals surface area contributed by atoms with Crippen molar-refractivity contribution in [1.82, 2.24) is 0 Å². The zero-order chi connectivity index (χ0) is 16.8. The Hall–Kier alpha value is -2.69. The number of methoxy groups -OCH3 is 1. The number of rotatable bonds is 3. The molecule has 1 aliphatic heterocycles. The Morgan fingerprint density at radius 1 is 1.22 bits per heavy atom. The Morgan fingerprint density at radius 2 is 1.87 bits per heavy atom. The van der Waals surface area contributed by atoms with E-state index in [9.17, 15) is 15.0 Å². The summed E-state index contributed by atoms with van der Waals surface area (Å²) in [6, 6.07) is 10.5. The van der Waals surface area contributed by atoms with Crippen LogP contribution >= 0.6 is 0 Å². The summed E-state index contributed by atoms with van der Waals surface area (Å²) in [4.78, 5) is 11.5. The highest BCUT2D eigenvalue weighted by Crippen LogP contribution is 2.52. The van der Waals surface area contributed by atoms with Crippen LogP contribution in [-0.4, -0.2) is 23.3 Å². The zero-order valence-corrected chi connectivity index (χ0v) is 13.2. The van der Waals surface area contributed by atoms with E-state index in [-0.39, 0.29) is 17.2 Å². The van der Waals surface area contributed by atoms with Crippen LogP contribution in [0.2, 0.25) is 0 Å². The first-order valence-electron chi connectivity index (χ1n) is 7.31. The van der Waals surface area contributed by atoms with Crippen molar-refractivity contribution < 1.29 is 24.5 Å². The van der Waals surface area contributed by atoms with Gasteiger partial charge < -0.3 is 19.7 Å². The summed E-state index contributed by atoms with van der Waals surface area (Å²) >= 11 is 0. The van der Waals surface area contributed by atoms with Crippen molar-refractivity contribution >= 4 is 5.97 Å². The van der Waals surface area contributed by atoms with Gasteiger partial charge in [0.2, 0.25) is 0 Å². The highest BCUT2D eigenvalue weighted by atomic mass is 16.5. The minimum Gasteiger partial charge on any atom is -0.507 e. The number of ether oxygens (including phenoxy) is 2. The van der Waals surface area contributed by atoms with Crippen molar-refractivity contribution in [2.24, 2.45) is 0 Å². The predicted molar refractivity (Wildman–Crippen MR) is 84.5 cm³/mol. The quantitative estimate of drug-likeness (QED) is 0.906. The highest BCUT2D eigenvalue weighted by Gasteiger charge is 2.46. The number of hydrogen-bond donors (Lipinski definition) is 2. The van der Waals surface area contributed by atoms with E-state index in [2.05, 4.69) is 0 Å². The van der Waals surface area contributed by atoms with E-state index < -0.39 is 11.6 Å². The minimum absolute atomic E-state index is 0.0905. The smallest absolute Gasteiger partial charge is 0.339 e. The third kappa shape index (κ3) is 2.20. The van der Waals surface area contributed by atoms with Gasteiger partial charge in [-0.2, -0.15) is 0 Å². The SMILES string of the molecule is COc1ccc(C2(C)Oc3ccc(O)c(C(=O)O)c3C2C)cc1. The number of carbonyl (C=O) groups is 1. The maximum absolute atomic E-state index is 11.5. The van der Waals surface area contributed by atoms with Crippen molar-refractivity contribution in [3.63, 3.8) is 0 Å². The van der Waals surface area contributed by atoms with Gasteiger partial charge in [0.15, 0.2) is 0 Å². The summed E-state index contributed by atoms with van der Waals surface area (Å²) in [5.41, 5.74) is 0.632. The van der Waals surface area contributed by atoms with Crippen LogP contribution in [0.3, 0.4) is 0 Å². The molecule has 1 heterocycles. The molecule has 3 rings (SSSR count). The molecule has 0 saturated heterocycles. The van der Waals surface area contributed by atoms with Crippen LogP contribution in [0.5, 0.6) is 17.2 Å². The van der Waals surface area contributed by atoms with Gasteiger partial charge in [-0.25, -0.2) is 4.79 Å². The van der Waals surface area contributed by atoms with Crippen LogP contribution in [0.15, 0.2) is 36.4 Å². The standard InChI is InChI=1S/C18H18O5/c1-10-15-14(9-8-13(19)16(15)17(20)21)23-18(10,2)11-4-6-12(22-3)7-5-11/h4-10,19H,1-3H3,(H,20,21). The molecule has 5 nitrogen and oxygen atoms in total. The average molecular weight is 314 g/mol. The summed E-state index contributed by atoms with van der Waals surface area (Å²) in [5, 5.41) is 19.3. The molecule has 0 aliphatic carbocycles. The number of hydrogen-bond acceptors (Lipinski definition) is 4. The van der Waals surface area contributed by atoms with E-state index in [0.717, 1.165) is 11.3 Å². The molecule has 2 N–H and O–H groups in total. The lowest BCUT2D eigenvalue weighted by Crippen LogP contribution is -2.30. The molecule has 120 valence electrons. The van der Waals surface area contributed by atoms with E-state index in [4.69, 9.17) is 9.47 Å². The van der Waals surface area contributed by atoms with Gasteiger partial charge in [-0.05, 0) is 36.8 Å². The van der Waals surface area contributed by atoms with Crippen LogP contribution in [0.4, 0.5) is 0 Å². The van der Waals surface area contributed by atoms with Gasteiger partial charge in [0.05, 0.1) is 7.11 Å². The number of carboxylic acids is 1. The first kappa shape index (κ1) is 15.2. The van der Waals surface area contributed by atoms with E-state index in [1.165, 1.54) is 6.07 Å². The Morgan fingerprint density at radius 3 is 2.43 bits per heavy atom. The van der Waals surface area contributed by atoms with Gasteiger partial charge in [-0.3, -0.25) is 0 Å². The minimum atomic E-state index is -1.16. The topological polar surface area (TPSA) is 76.0 Å². The molecule has 5 heteroatoms. The summed E-state index contributed by atoms with van der Waals surface area (Å²) in [5.74, 6) is -0.404. The second kappa shape index (κ2) is 5.19. The third-order valence-corrected chi connectivity index (χ3v) is 4.64. The van der Waals surface area contributed by atoms with Crippen LogP contribution in [0.1, 0.15) is 41.3 Å². The number of aromatic carboxylic acids is 1. The number of benzene rings is 2. The molecule has 1 aliphatic rings. The van der Waals surface area contributed by atoms with Gasteiger partial charge in [-0.15, -0.1) is 0 Å². The highest BCUT2D eigenvalue weighted by molar-refractivity contribution is 5.94. The molecule has 2 atom stereocenters. The van der Waals surface area contributed by atoms with E-state index in [0.29, 0.717) is 11.3 Å². The Balaban J connectivity index is 2.10. The summed E-state index contributed by atoms with van der Waals surface area (Å²) < 4.78 is 11.3. The largest absolute Gasteiger partial charge is 0.507 e. The molecule has 0 spiro atoms.